The first kappa shape index (κ1) is 55.5. The summed E-state index contributed by atoms with van der Waals surface area (Å²) in [6, 6.07) is 5.31. The van der Waals surface area contributed by atoms with Crippen LogP contribution in [0.2, 0.25) is 0 Å². The molecule has 4 aromatic heterocycles. The Balaban J connectivity index is 0.000000177. The summed E-state index contributed by atoms with van der Waals surface area (Å²) in [7, 11) is 2.81. The quantitative estimate of drug-likeness (QED) is 0.0501. The third kappa shape index (κ3) is 12.5. The zero-order valence-electron chi connectivity index (χ0n) is 44.7. The number of rotatable bonds is 13. The van der Waals surface area contributed by atoms with Crippen LogP contribution in [0.25, 0.3) is 11.4 Å². The average Bonchev–Trinajstić information content (AvgIpc) is 3.78. The number of anilines is 6. The predicted molar refractivity (Wildman–Crippen MR) is 279 cm³/mol. The molecule has 9 heterocycles. The Bertz CT molecular complexity index is 3240. The first-order valence-corrected chi connectivity index (χ1v) is 26.0. The molecule has 0 aliphatic carbocycles. The number of nitrogens with zero attached hydrogens (tertiary/aromatic N) is 14. The molecule has 420 valence electrons. The molecular formula is C50H66F4N18O6. The van der Waals surface area contributed by atoms with Crippen LogP contribution in [-0.4, -0.2) is 153 Å². The fourth-order valence-corrected chi connectivity index (χ4v) is 10.9. The molecule has 0 saturated carbocycles. The zero-order valence-corrected chi connectivity index (χ0v) is 44.7. The van der Waals surface area contributed by atoms with Crippen molar-refractivity contribution in [3.63, 3.8) is 0 Å². The third-order valence-electron chi connectivity index (χ3n) is 14.6. The summed E-state index contributed by atoms with van der Waals surface area (Å²) in [5.41, 5.74) is -1.46. The summed E-state index contributed by atoms with van der Waals surface area (Å²) < 4.78 is 73.1. The average molecular weight is 1090 g/mol. The van der Waals surface area contributed by atoms with Crippen LogP contribution in [0.1, 0.15) is 92.9 Å². The molecule has 6 atom stereocenters. The van der Waals surface area contributed by atoms with Gasteiger partial charge in [0.05, 0.1) is 42.6 Å². The molecule has 0 unspecified atom stereocenters. The van der Waals surface area contributed by atoms with E-state index in [4.69, 9.17) is 9.47 Å². The predicted octanol–water partition coefficient (Wildman–Crippen LogP) is 5.06. The number of fused-ring (bicyclic) bond motifs is 2. The summed E-state index contributed by atoms with van der Waals surface area (Å²) in [5.74, 6) is -3.33. The maximum atomic E-state index is 15.1. The van der Waals surface area contributed by atoms with E-state index in [1.165, 1.54) is 33.2 Å². The molecule has 5 aliphatic heterocycles. The van der Waals surface area contributed by atoms with Crippen LogP contribution >= 0.6 is 0 Å². The van der Waals surface area contributed by atoms with Crippen LogP contribution in [-0.2, 0) is 18.8 Å². The molecule has 5 aliphatic rings. The van der Waals surface area contributed by atoms with E-state index >= 15 is 4.39 Å². The number of hydrogen-bond donors (Lipinski definition) is 6. The van der Waals surface area contributed by atoms with E-state index in [0.717, 1.165) is 114 Å². The van der Waals surface area contributed by atoms with Crippen LogP contribution in [0, 0.1) is 23.3 Å². The number of hydrogen-bond acceptors (Lipinski definition) is 20. The highest BCUT2D eigenvalue weighted by Gasteiger charge is 2.44. The molecule has 28 heteroatoms. The number of benzene rings is 2. The zero-order chi connectivity index (χ0) is 55.8. The smallest absolute Gasteiger partial charge is 0.368 e. The van der Waals surface area contributed by atoms with Gasteiger partial charge in [-0.15, -0.1) is 0 Å². The number of aromatic hydroxyl groups is 1. The van der Waals surface area contributed by atoms with Crippen molar-refractivity contribution in [1.82, 2.24) is 69.3 Å². The molecule has 6 N–H and O–H groups in total. The number of halogens is 4. The van der Waals surface area contributed by atoms with Crippen molar-refractivity contribution in [2.75, 3.05) is 47.6 Å². The van der Waals surface area contributed by atoms with Crippen LogP contribution in [0.5, 0.6) is 11.5 Å². The lowest BCUT2D eigenvalue weighted by atomic mass is 9.84. The molecule has 0 amide bonds. The van der Waals surface area contributed by atoms with Gasteiger partial charge in [-0.3, -0.25) is 9.80 Å². The van der Waals surface area contributed by atoms with Gasteiger partial charge in [-0.05, 0) is 139 Å². The maximum Gasteiger partial charge on any atom is 0.368 e. The fourth-order valence-electron chi connectivity index (χ4n) is 10.9. The van der Waals surface area contributed by atoms with E-state index in [0.29, 0.717) is 18.2 Å². The molecular weight excluding hydrogens is 1020 g/mol. The number of piperidine rings is 2. The molecule has 5 fully saturated rings. The van der Waals surface area contributed by atoms with Gasteiger partial charge in [0.1, 0.15) is 29.5 Å². The minimum atomic E-state index is -0.831. The van der Waals surface area contributed by atoms with Gasteiger partial charge < -0.3 is 41.0 Å². The second-order valence-corrected chi connectivity index (χ2v) is 21.7. The summed E-state index contributed by atoms with van der Waals surface area (Å²) >= 11 is 0. The molecule has 0 spiro atoms. The van der Waals surface area contributed by atoms with E-state index < -0.39 is 46.5 Å². The van der Waals surface area contributed by atoms with Crippen molar-refractivity contribution < 1.29 is 37.2 Å². The maximum absolute atomic E-state index is 15.1. The number of tetrazole rings is 2. The molecule has 5 saturated heterocycles. The molecule has 0 bridgehead atoms. The summed E-state index contributed by atoms with van der Waals surface area (Å²) in [6.45, 7) is 15.4. The van der Waals surface area contributed by atoms with Gasteiger partial charge >= 0.3 is 11.4 Å². The number of phenolic OH excluding ortho intramolecular Hbond substituents is 1. The van der Waals surface area contributed by atoms with E-state index in [2.05, 4.69) is 106 Å². The number of aliphatic hydroxyl groups excluding tert-OH is 1. The topological polar surface area (TPSA) is 274 Å². The highest BCUT2D eigenvalue weighted by Crippen LogP contribution is 2.41. The van der Waals surface area contributed by atoms with Crippen molar-refractivity contribution in [3.05, 3.63) is 80.9 Å². The van der Waals surface area contributed by atoms with Crippen LogP contribution < -0.4 is 37.4 Å². The number of aromatic nitrogens is 12. The minimum absolute atomic E-state index is 0.00828. The van der Waals surface area contributed by atoms with Crippen molar-refractivity contribution in [2.45, 2.75) is 140 Å². The van der Waals surface area contributed by atoms with Gasteiger partial charge in [-0.25, -0.2) is 37.1 Å². The van der Waals surface area contributed by atoms with Crippen LogP contribution in [0.15, 0.2) is 46.2 Å². The lowest BCUT2D eigenvalue weighted by molar-refractivity contribution is 0.0498. The summed E-state index contributed by atoms with van der Waals surface area (Å²) in [5, 5.41) is 46.4. The second-order valence-electron chi connectivity index (χ2n) is 21.7. The van der Waals surface area contributed by atoms with E-state index in [9.17, 15) is 33.0 Å². The van der Waals surface area contributed by atoms with Gasteiger partial charge in [0.25, 0.3) is 0 Å². The number of aliphatic hydroxyl groups is 1. The highest BCUT2D eigenvalue weighted by atomic mass is 19.1. The Kier molecular flexibility index (Phi) is 16.1. The Hall–Kier alpha value is -7.30. The Labute approximate surface area is 446 Å². The normalized spacial score (nSPS) is 22.4. The number of phenols is 1. The molecule has 0 radical (unpaired) electrons. The number of aryl methyl sites for hydroxylation is 2. The van der Waals surface area contributed by atoms with Crippen molar-refractivity contribution >= 4 is 34.9 Å². The van der Waals surface area contributed by atoms with Gasteiger partial charge in [0, 0.05) is 61.5 Å². The highest BCUT2D eigenvalue weighted by molar-refractivity contribution is 5.65. The third-order valence-corrected chi connectivity index (χ3v) is 14.6. The van der Waals surface area contributed by atoms with Gasteiger partial charge in [-0.1, -0.05) is 0 Å². The Morgan fingerprint density at radius 1 is 0.718 bits per heavy atom. The molecule has 6 aromatic rings. The lowest BCUT2D eigenvalue weighted by Gasteiger charge is -2.47. The van der Waals surface area contributed by atoms with Crippen molar-refractivity contribution in [2.24, 2.45) is 14.1 Å². The molecule has 78 heavy (non-hydrogen) atoms. The Morgan fingerprint density at radius 2 is 1.17 bits per heavy atom. The van der Waals surface area contributed by atoms with Crippen LogP contribution in [0.3, 0.4) is 0 Å². The first-order valence-electron chi connectivity index (χ1n) is 26.0. The number of nitrogens with one attached hydrogen (secondary N) is 4. The van der Waals surface area contributed by atoms with E-state index in [1.807, 2.05) is 0 Å². The lowest BCUT2D eigenvalue weighted by Crippen LogP contribution is -2.55. The van der Waals surface area contributed by atoms with Crippen molar-refractivity contribution in [3.8, 4) is 22.9 Å². The van der Waals surface area contributed by atoms with Gasteiger partial charge in [0.15, 0.2) is 34.9 Å². The van der Waals surface area contributed by atoms with Crippen LogP contribution in [0.4, 0.5) is 52.5 Å². The monoisotopic (exact) mass is 1090 g/mol. The second kappa shape index (κ2) is 22.6. The van der Waals surface area contributed by atoms with Gasteiger partial charge in [-0.2, -0.15) is 28.7 Å². The number of ether oxygens (including phenoxy) is 2. The molecule has 11 rings (SSSR count). The van der Waals surface area contributed by atoms with Crippen molar-refractivity contribution in [1.29, 1.82) is 0 Å². The van der Waals surface area contributed by atoms with E-state index in [1.54, 1.807) is 0 Å². The minimum Gasteiger partial charge on any atom is -0.506 e. The largest absolute Gasteiger partial charge is 0.506 e. The SMILES string of the molecule is C[C@@H](O)COc1cc(F)c(Nc2ncc(F)c(N[C@@H]3C[C@@H]4CCCN4C(C)(C)C3)n2)cc1-n1nnn(C)c1=O.C[C@@H]1CO1.Cn1nnn(-c2cc(Nc3ncc(F)c(N[C@@H]4C[C@@H]5CCCN5C(C)(C)C4)n3)c(F)cc2O)c1=O. The first-order chi connectivity index (χ1) is 37.0. The molecule has 2 aromatic carbocycles. The van der Waals surface area contributed by atoms with Gasteiger partial charge in [0.2, 0.25) is 11.9 Å². The standard InChI is InChI=1S/C25H33F2N9O3.C22H27F2N9O2.C3H6O/c1-14(37)13-39-21-9-17(26)19(10-20(21)36-24(38)34(4)32-33-36)30-23-28-12-18(27)22(31-23)29-15-8-16-6-5-7-35(16)25(2,3)11-15;1-22(2)10-12(7-13-5-4-6-32(13)22)26-19-15(24)11-25-20(28-19)27-16-9-17(18(34)8-14(16)23)33-21(35)31(3)29-30-33;1-3-2-4-3/h9-10,12,14-16,37H,5-8,11,13H2,1-4H3,(H2,28,29,30,31);8-9,11-13,34H,4-7,10H2,1-3H3,(H2,25,26,27,28);3H,2H2,1H3/t14-,15-,16+;12-,13+;3-/m111/s1. The Morgan fingerprint density at radius 3 is 1.60 bits per heavy atom. The van der Waals surface area contributed by atoms with E-state index in [-0.39, 0.29) is 81.8 Å². The molecule has 24 nitrogen and oxygen atoms in total. The summed E-state index contributed by atoms with van der Waals surface area (Å²) in [4.78, 5) is 46.1. The summed E-state index contributed by atoms with van der Waals surface area (Å²) in [6.07, 6.45) is 9.79. The number of epoxide rings is 1. The fraction of sp³-hybridized carbons (Fsp3) is 0.560.